The number of aryl methyl sites for hydroxylation is 1. The molecule has 16 heavy (non-hydrogen) atoms. The second-order valence-electron chi connectivity index (χ2n) is 3.45. The van der Waals surface area contributed by atoms with Crippen LogP contribution in [0.25, 0.3) is 0 Å². The number of nitrogens with zero attached hydrogens (tertiary/aromatic N) is 1. The van der Waals surface area contributed by atoms with Crippen molar-refractivity contribution in [3.8, 4) is 0 Å². The molecule has 0 bridgehead atoms. The first-order valence-electron chi connectivity index (χ1n) is 4.67. The summed E-state index contributed by atoms with van der Waals surface area (Å²) in [6, 6.07) is 5.48. The van der Waals surface area contributed by atoms with Gasteiger partial charge in [-0.15, -0.1) is 0 Å². The third kappa shape index (κ3) is 2.47. The molecule has 2 aromatic heterocycles. The number of furan rings is 1. The van der Waals surface area contributed by atoms with Crippen LogP contribution < -0.4 is 5.56 Å². The van der Waals surface area contributed by atoms with E-state index in [2.05, 4.69) is 31.9 Å². The van der Waals surface area contributed by atoms with Gasteiger partial charge in [-0.05, 0) is 57.0 Å². The molecule has 0 spiro atoms. The van der Waals surface area contributed by atoms with Crippen LogP contribution in [-0.2, 0) is 6.54 Å². The summed E-state index contributed by atoms with van der Waals surface area (Å²) < 4.78 is 8.40. The highest BCUT2D eigenvalue weighted by Crippen LogP contribution is 2.14. The first-order chi connectivity index (χ1) is 7.56. The van der Waals surface area contributed by atoms with Crippen molar-refractivity contribution in [1.82, 2.24) is 4.57 Å². The van der Waals surface area contributed by atoms with Crippen LogP contribution in [0.4, 0.5) is 0 Å². The van der Waals surface area contributed by atoms with Gasteiger partial charge in [-0.1, -0.05) is 0 Å². The molecule has 0 saturated heterocycles. The quantitative estimate of drug-likeness (QED) is 0.836. The van der Waals surface area contributed by atoms with E-state index in [-0.39, 0.29) is 5.56 Å². The Morgan fingerprint density at radius 1 is 1.38 bits per heavy atom. The van der Waals surface area contributed by atoms with E-state index in [1.807, 2.05) is 19.1 Å². The lowest BCUT2D eigenvalue weighted by atomic mass is 10.4. The molecule has 0 aromatic carbocycles. The zero-order chi connectivity index (χ0) is 11.7. The SMILES string of the molecule is Cc1ccc(Cn2cc(Br)cc(Br)c2=O)o1. The van der Waals surface area contributed by atoms with Crippen LogP contribution in [0, 0.1) is 6.92 Å². The van der Waals surface area contributed by atoms with Gasteiger partial charge in [0.25, 0.3) is 5.56 Å². The maximum atomic E-state index is 11.8. The predicted molar refractivity (Wildman–Crippen MR) is 68.6 cm³/mol. The Morgan fingerprint density at radius 3 is 2.75 bits per heavy atom. The molecule has 3 nitrogen and oxygen atoms in total. The maximum absolute atomic E-state index is 11.8. The van der Waals surface area contributed by atoms with E-state index in [4.69, 9.17) is 4.42 Å². The highest BCUT2D eigenvalue weighted by molar-refractivity contribution is 9.11. The standard InChI is InChI=1S/C11H9Br2NO2/c1-7-2-3-9(16-7)6-14-5-8(12)4-10(13)11(14)15/h2-5H,6H2,1H3. The molecule has 0 atom stereocenters. The summed E-state index contributed by atoms with van der Waals surface area (Å²) in [5, 5.41) is 0. The van der Waals surface area contributed by atoms with Crippen molar-refractivity contribution >= 4 is 31.9 Å². The van der Waals surface area contributed by atoms with Crippen LogP contribution in [-0.4, -0.2) is 4.57 Å². The van der Waals surface area contributed by atoms with E-state index in [1.165, 1.54) is 0 Å². The van der Waals surface area contributed by atoms with E-state index in [0.717, 1.165) is 16.0 Å². The van der Waals surface area contributed by atoms with E-state index < -0.39 is 0 Å². The highest BCUT2D eigenvalue weighted by Gasteiger charge is 2.05. The second kappa shape index (κ2) is 4.59. The van der Waals surface area contributed by atoms with Crippen LogP contribution in [0.3, 0.4) is 0 Å². The molecule has 5 heteroatoms. The van der Waals surface area contributed by atoms with Gasteiger partial charge >= 0.3 is 0 Å². The van der Waals surface area contributed by atoms with Gasteiger partial charge in [0.1, 0.15) is 11.5 Å². The fraction of sp³-hybridized carbons (Fsp3) is 0.182. The number of pyridine rings is 1. The first-order valence-corrected chi connectivity index (χ1v) is 6.25. The number of hydrogen-bond acceptors (Lipinski definition) is 2. The lowest BCUT2D eigenvalue weighted by Crippen LogP contribution is -2.20. The molecular formula is C11H9Br2NO2. The van der Waals surface area contributed by atoms with Gasteiger partial charge in [0.2, 0.25) is 0 Å². The van der Waals surface area contributed by atoms with Gasteiger partial charge < -0.3 is 8.98 Å². The van der Waals surface area contributed by atoms with Crippen molar-refractivity contribution < 1.29 is 4.42 Å². The molecule has 2 heterocycles. The smallest absolute Gasteiger partial charge is 0.265 e. The molecule has 0 fully saturated rings. The largest absolute Gasteiger partial charge is 0.464 e. The zero-order valence-corrected chi connectivity index (χ0v) is 11.7. The Balaban J connectivity index is 2.38. The molecule has 0 radical (unpaired) electrons. The Morgan fingerprint density at radius 2 is 2.12 bits per heavy atom. The molecule has 84 valence electrons. The molecule has 2 rings (SSSR count). The third-order valence-electron chi connectivity index (χ3n) is 2.13. The monoisotopic (exact) mass is 345 g/mol. The Bertz CT molecular complexity index is 572. The summed E-state index contributed by atoms with van der Waals surface area (Å²) in [5.74, 6) is 1.61. The molecule has 0 unspecified atom stereocenters. The van der Waals surface area contributed by atoms with E-state index in [9.17, 15) is 4.79 Å². The summed E-state index contributed by atoms with van der Waals surface area (Å²) >= 11 is 6.57. The topological polar surface area (TPSA) is 35.1 Å². The number of hydrogen-bond donors (Lipinski definition) is 0. The molecule has 2 aromatic rings. The van der Waals surface area contributed by atoms with Crippen LogP contribution in [0.2, 0.25) is 0 Å². The molecule has 0 aliphatic carbocycles. The average molecular weight is 347 g/mol. The van der Waals surface area contributed by atoms with Crippen molar-refractivity contribution in [2.75, 3.05) is 0 Å². The van der Waals surface area contributed by atoms with Gasteiger partial charge in [-0.25, -0.2) is 0 Å². The van der Waals surface area contributed by atoms with Gasteiger partial charge in [0, 0.05) is 10.7 Å². The molecule has 0 saturated carbocycles. The van der Waals surface area contributed by atoms with Crippen molar-refractivity contribution in [2.45, 2.75) is 13.5 Å². The molecule has 0 aliphatic heterocycles. The van der Waals surface area contributed by atoms with Gasteiger partial charge in [0.05, 0.1) is 11.0 Å². The summed E-state index contributed by atoms with van der Waals surface area (Å²) in [6.07, 6.45) is 1.74. The Hall–Kier alpha value is -0.810. The van der Waals surface area contributed by atoms with E-state index >= 15 is 0 Å². The molecular weight excluding hydrogens is 338 g/mol. The van der Waals surface area contributed by atoms with Crippen molar-refractivity contribution in [1.29, 1.82) is 0 Å². The lowest BCUT2D eigenvalue weighted by molar-refractivity contribution is 0.466. The minimum Gasteiger partial charge on any atom is -0.464 e. The van der Waals surface area contributed by atoms with Crippen LogP contribution in [0.1, 0.15) is 11.5 Å². The Kier molecular flexibility index (Phi) is 3.35. The minimum absolute atomic E-state index is 0.0720. The second-order valence-corrected chi connectivity index (χ2v) is 5.22. The summed E-state index contributed by atoms with van der Waals surface area (Å²) in [5.41, 5.74) is -0.0720. The van der Waals surface area contributed by atoms with E-state index in [1.54, 1.807) is 16.8 Å². The van der Waals surface area contributed by atoms with Crippen LogP contribution in [0.5, 0.6) is 0 Å². The van der Waals surface area contributed by atoms with Crippen molar-refractivity contribution in [2.24, 2.45) is 0 Å². The van der Waals surface area contributed by atoms with Crippen molar-refractivity contribution in [3.05, 3.63) is 55.2 Å². The minimum atomic E-state index is -0.0720. The summed E-state index contributed by atoms with van der Waals surface area (Å²) in [7, 11) is 0. The van der Waals surface area contributed by atoms with Crippen molar-refractivity contribution in [3.63, 3.8) is 0 Å². The highest BCUT2D eigenvalue weighted by atomic mass is 79.9. The lowest BCUT2D eigenvalue weighted by Gasteiger charge is -2.04. The van der Waals surface area contributed by atoms with Crippen LogP contribution in [0.15, 0.2) is 42.6 Å². The molecule has 0 N–H and O–H groups in total. The zero-order valence-electron chi connectivity index (χ0n) is 8.54. The number of rotatable bonds is 2. The van der Waals surface area contributed by atoms with Crippen LogP contribution >= 0.6 is 31.9 Å². The first kappa shape index (κ1) is 11.7. The fourth-order valence-electron chi connectivity index (χ4n) is 1.42. The Labute approximate surface area is 109 Å². The third-order valence-corrected chi connectivity index (χ3v) is 3.13. The summed E-state index contributed by atoms with van der Waals surface area (Å²) in [4.78, 5) is 11.8. The van der Waals surface area contributed by atoms with Gasteiger partial charge in [-0.2, -0.15) is 0 Å². The average Bonchev–Trinajstić information content (AvgIpc) is 2.60. The molecule has 0 amide bonds. The van der Waals surface area contributed by atoms with Gasteiger partial charge in [-0.3, -0.25) is 4.79 Å². The molecule has 0 aliphatic rings. The van der Waals surface area contributed by atoms with E-state index in [0.29, 0.717) is 11.0 Å². The normalized spacial score (nSPS) is 10.7. The number of aromatic nitrogens is 1. The fourth-order valence-corrected chi connectivity index (χ4v) is 2.68. The predicted octanol–water partition coefficient (Wildman–Crippen LogP) is 3.32. The maximum Gasteiger partial charge on any atom is 0.265 e. The number of halogens is 2. The van der Waals surface area contributed by atoms with Gasteiger partial charge in [0.15, 0.2) is 0 Å². The summed E-state index contributed by atoms with van der Waals surface area (Å²) in [6.45, 7) is 2.31.